The SMILES string of the molecule is CCN1CCN(c2cc(NC(=O)c3ccc(C(C)C)cc3)c(Cl)cc2N)CC1. The van der Waals surface area contributed by atoms with E-state index in [1.54, 1.807) is 6.07 Å². The number of anilines is 3. The molecule has 2 aromatic carbocycles. The number of hydrogen-bond donors (Lipinski definition) is 2. The van der Waals surface area contributed by atoms with E-state index in [0.29, 0.717) is 27.9 Å². The number of rotatable bonds is 5. The molecule has 5 nitrogen and oxygen atoms in total. The Kier molecular flexibility index (Phi) is 6.47. The second-order valence-electron chi connectivity index (χ2n) is 7.54. The van der Waals surface area contributed by atoms with Crippen molar-refractivity contribution in [3.8, 4) is 0 Å². The van der Waals surface area contributed by atoms with Crippen molar-refractivity contribution in [2.24, 2.45) is 0 Å². The molecule has 3 rings (SSSR count). The minimum Gasteiger partial charge on any atom is -0.397 e. The molecule has 0 radical (unpaired) electrons. The van der Waals surface area contributed by atoms with Gasteiger partial charge in [-0.25, -0.2) is 0 Å². The predicted octanol–water partition coefficient (Wildman–Crippen LogP) is 4.44. The Labute approximate surface area is 172 Å². The topological polar surface area (TPSA) is 61.6 Å². The molecule has 1 heterocycles. The summed E-state index contributed by atoms with van der Waals surface area (Å²) in [6, 6.07) is 11.3. The molecule has 0 saturated carbocycles. The summed E-state index contributed by atoms with van der Waals surface area (Å²) in [4.78, 5) is 17.3. The van der Waals surface area contributed by atoms with Crippen molar-refractivity contribution in [3.05, 3.63) is 52.5 Å². The maximum atomic E-state index is 12.7. The molecule has 1 saturated heterocycles. The first-order valence-corrected chi connectivity index (χ1v) is 10.2. The number of amides is 1. The monoisotopic (exact) mass is 400 g/mol. The maximum absolute atomic E-state index is 12.7. The van der Waals surface area contributed by atoms with Crippen LogP contribution in [0, 0.1) is 0 Å². The molecule has 0 bridgehead atoms. The molecule has 1 aliphatic rings. The number of carbonyl (C=O) groups is 1. The normalized spacial score (nSPS) is 15.1. The highest BCUT2D eigenvalue weighted by Gasteiger charge is 2.20. The van der Waals surface area contributed by atoms with Crippen LogP contribution in [0.2, 0.25) is 5.02 Å². The number of carbonyl (C=O) groups excluding carboxylic acids is 1. The number of nitrogens with one attached hydrogen (secondary N) is 1. The number of benzene rings is 2. The highest BCUT2D eigenvalue weighted by Crippen LogP contribution is 2.34. The number of nitrogen functional groups attached to an aromatic ring is 1. The van der Waals surface area contributed by atoms with Crippen LogP contribution in [0.5, 0.6) is 0 Å². The lowest BCUT2D eigenvalue weighted by Gasteiger charge is -2.36. The van der Waals surface area contributed by atoms with E-state index < -0.39 is 0 Å². The van der Waals surface area contributed by atoms with E-state index in [1.165, 1.54) is 5.56 Å². The molecule has 28 heavy (non-hydrogen) atoms. The molecule has 6 heteroatoms. The largest absolute Gasteiger partial charge is 0.397 e. The van der Waals surface area contributed by atoms with Gasteiger partial charge in [0.2, 0.25) is 0 Å². The zero-order valence-corrected chi connectivity index (χ0v) is 17.6. The van der Waals surface area contributed by atoms with Crippen molar-refractivity contribution < 1.29 is 4.79 Å². The molecule has 1 amide bonds. The fourth-order valence-corrected chi connectivity index (χ4v) is 3.69. The quantitative estimate of drug-likeness (QED) is 0.728. The Morgan fingerprint density at radius 1 is 1.14 bits per heavy atom. The van der Waals surface area contributed by atoms with Crippen LogP contribution in [0.3, 0.4) is 0 Å². The lowest BCUT2D eigenvalue weighted by Crippen LogP contribution is -2.46. The van der Waals surface area contributed by atoms with E-state index in [1.807, 2.05) is 30.3 Å². The summed E-state index contributed by atoms with van der Waals surface area (Å²) in [6.07, 6.45) is 0. The van der Waals surface area contributed by atoms with Crippen molar-refractivity contribution in [1.82, 2.24) is 4.90 Å². The standard InChI is InChI=1S/C22H29ClN4O/c1-4-26-9-11-27(12-10-26)21-14-20(18(23)13-19(21)24)25-22(28)17-7-5-16(6-8-17)15(2)3/h5-8,13-15H,4,9-12,24H2,1-3H3,(H,25,28). The summed E-state index contributed by atoms with van der Waals surface area (Å²) in [6.45, 7) is 11.3. The predicted molar refractivity (Wildman–Crippen MR) is 119 cm³/mol. The highest BCUT2D eigenvalue weighted by molar-refractivity contribution is 6.34. The molecule has 0 spiro atoms. The van der Waals surface area contributed by atoms with Gasteiger partial charge in [0.1, 0.15) is 0 Å². The van der Waals surface area contributed by atoms with Crippen molar-refractivity contribution >= 4 is 34.6 Å². The molecule has 3 N–H and O–H groups in total. The van der Waals surface area contributed by atoms with Gasteiger partial charge in [-0.1, -0.05) is 44.5 Å². The summed E-state index contributed by atoms with van der Waals surface area (Å²) in [5.74, 6) is 0.253. The Hall–Kier alpha value is -2.24. The van der Waals surface area contributed by atoms with Crippen molar-refractivity contribution in [3.63, 3.8) is 0 Å². The number of halogens is 1. The average Bonchev–Trinajstić information content (AvgIpc) is 2.70. The molecule has 0 aliphatic carbocycles. The zero-order valence-electron chi connectivity index (χ0n) is 16.8. The van der Waals surface area contributed by atoms with Crippen LogP contribution in [0.15, 0.2) is 36.4 Å². The van der Waals surface area contributed by atoms with Gasteiger partial charge in [0, 0.05) is 31.7 Å². The average molecular weight is 401 g/mol. The lowest BCUT2D eigenvalue weighted by atomic mass is 10.0. The third kappa shape index (κ3) is 4.59. The van der Waals surface area contributed by atoms with Gasteiger partial charge in [-0.3, -0.25) is 4.79 Å². The first-order valence-electron chi connectivity index (χ1n) is 9.86. The number of hydrogen-bond acceptors (Lipinski definition) is 4. The number of piperazine rings is 1. The molecule has 0 unspecified atom stereocenters. The molecule has 1 fully saturated rings. The van der Waals surface area contributed by atoms with Gasteiger partial charge in [0.15, 0.2) is 0 Å². The van der Waals surface area contributed by atoms with Gasteiger partial charge < -0.3 is 20.9 Å². The van der Waals surface area contributed by atoms with Gasteiger partial charge >= 0.3 is 0 Å². The van der Waals surface area contributed by atoms with E-state index in [-0.39, 0.29) is 5.91 Å². The van der Waals surface area contributed by atoms with Crippen LogP contribution in [0.1, 0.15) is 42.6 Å². The lowest BCUT2D eigenvalue weighted by molar-refractivity contribution is 0.102. The van der Waals surface area contributed by atoms with E-state index in [0.717, 1.165) is 38.4 Å². The Morgan fingerprint density at radius 2 is 1.79 bits per heavy atom. The Morgan fingerprint density at radius 3 is 2.36 bits per heavy atom. The van der Waals surface area contributed by atoms with Crippen molar-refractivity contribution in [1.29, 1.82) is 0 Å². The minimum absolute atomic E-state index is 0.177. The Bertz CT molecular complexity index is 827. The van der Waals surface area contributed by atoms with Gasteiger partial charge in [0.25, 0.3) is 5.91 Å². The second kappa shape index (κ2) is 8.84. The minimum atomic E-state index is -0.177. The molecule has 0 atom stereocenters. The molecule has 2 aromatic rings. The molecule has 1 aliphatic heterocycles. The number of nitrogens with zero attached hydrogens (tertiary/aromatic N) is 2. The van der Waals surface area contributed by atoms with Crippen LogP contribution >= 0.6 is 11.6 Å². The fraction of sp³-hybridized carbons (Fsp3) is 0.409. The highest BCUT2D eigenvalue weighted by atomic mass is 35.5. The van der Waals surface area contributed by atoms with E-state index in [9.17, 15) is 4.79 Å². The van der Waals surface area contributed by atoms with Gasteiger partial charge in [-0.15, -0.1) is 0 Å². The zero-order chi connectivity index (χ0) is 20.3. The Balaban J connectivity index is 1.77. The first-order chi connectivity index (χ1) is 13.4. The van der Waals surface area contributed by atoms with Crippen LogP contribution in [-0.4, -0.2) is 43.5 Å². The summed E-state index contributed by atoms with van der Waals surface area (Å²) in [5, 5.41) is 3.38. The fourth-order valence-electron chi connectivity index (χ4n) is 3.47. The van der Waals surface area contributed by atoms with Gasteiger partial charge in [-0.05, 0) is 42.3 Å². The summed E-state index contributed by atoms with van der Waals surface area (Å²) < 4.78 is 0. The van der Waals surface area contributed by atoms with Crippen LogP contribution in [-0.2, 0) is 0 Å². The molecular weight excluding hydrogens is 372 g/mol. The second-order valence-corrected chi connectivity index (χ2v) is 7.95. The molecule has 150 valence electrons. The molecular formula is C22H29ClN4O. The van der Waals surface area contributed by atoms with Crippen LogP contribution in [0.25, 0.3) is 0 Å². The number of likely N-dealkylation sites (N-methyl/N-ethyl adjacent to an activating group) is 1. The van der Waals surface area contributed by atoms with Crippen molar-refractivity contribution in [2.75, 3.05) is 48.7 Å². The van der Waals surface area contributed by atoms with Gasteiger partial charge in [0.05, 0.1) is 22.1 Å². The molecule has 0 aromatic heterocycles. The smallest absolute Gasteiger partial charge is 0.255 e. The number of nitrogens with two attached hydrogens (primary N) is 1. The van der Waals surface area contributed by atoms with Gasteiger partial charge in [-0.2, -0.15) is 0 Å². The van der Waals surface area contributed by atoms with E-state index >= 15 is 0 Å². The van der Waals surface area contributed by atoms with E-state index in [2.05, 4.69) is 35.9 Å². The third-order valence-electron chi connectivity index (χ3n) is 5.36. The van der Waals surface area contributed by atoms with Crippen LogP contribution < -0.4 is 16.0 Å². The van der Waals surface area contributed by atoms with Crippen molar-refractivity contribution in [2.45, 2.75) is 26.7 Å². The summed E-state index contributed by atoms with van der Waals surface area (Å²) >= 11 is 6.36. The van der Waals surface area contributed by atoms with E-state index in [4.69, 9.17) is 17.3 Å². The van der Waals surface area contributed by atoms with Crippen LogP contribution in [0.4, 0.5) is 17.1 Å². The maximum Gasteiger partial charge on any atom is 0.255 e. The summed E-state index contributed by atoms with van der Waals surface area (Å²) in [7, 11) is 0. The summed E-state index contributed by atoms with van der Waals surface area (Å²) in [5.41, 5.74) is 10.2. The first kappa shape index (κ1) is 20.5. The third-order valence-corrected chi connectivity index (χ3v) is 5.68.